The molecule has 2 rings (SSSR count). The highest BCUT2D eigenvalue weighted by Gasteiger charge is 1.94. The molecule has 0 amide bonds. The van der Waals surface area contributed by atoms with Crippen molar-refractivity contribution in [1.29, 1.82) is 0 Å². The summed E-state index contributed by atoms with van der Waals surface area (Å²) in [6.45, 7) is 0.733. The van der Waals surface area contributed by atoms with Gasteiger partial charge in [0.2, 0.25) is 0 Å². The highest BCUT2D eigenvalue weighted by atomic mass is 35.5. The zero-order chi connectivity index (χ0) is 10.5. The number of hydrogen-bond acceptors (Lipinski definition) is 3. The number of rotatable bonds is 3. The van der Waals surface area contributed by atoms with E-state index in [4.69, 9.17) is 11.6 Å². The lowest BCUT2D eigenvalue weighted by Gasteiger charge is -2.04. The summed E-state index contributed by atoms with van der Waals surface area (Å²) < 4.78 is 0. The topological polar surface area (TPSA) is 37.8 Å². The summed E-state index contributed by atoms with van der Waals surface area (Å²) in [5.41, 5.74) is 1.17. The van der Waals surface area contributed by atoms with E-state index < -0.39 is 0 Å². The summed E-state index contributed by atoms with van der Waals surface area (Å²) in [5.74, 6) is 0.816. The van der Waals surface area contributed by atoms with Gasteiger partial charge in [-0.25, -0.2) is 4.98 Å². The van der Waals surface area contributed by atoms with Crippen LogP contribution in [0.2, 0.25) is 5.02 Å². The van der Waals surface area contributed by atoms with Crippen LogP contribution >= 0.6 is 11.6 Å². The van der Waals surface area contributed by atoms with Gasteiger partial charge in [-0.2, -0.15) is 0 Å². The molecule has 4 heteroatoms. The summed E-state index contributed by atoms with van der Waals surface area (Å²) in [6, 6.07) is 7.58. The molecule has 1 N–H and O–H groups in total. The molecule has 15 heavy (non-hydrogen) atoms. The third kappa shape index (κ3) is 2.92. The predicted molar refractivity (Wildman–Crippen MR) is 60.8 cm³/mol. The molecule has 0 saturated heterocycles. The van der Waals surface area contributed by atoms with Crippen LogP contribution in [0, 0.1) is 0 Å². The Kier molecular flexibility index (Phi) is 3.15. The van der Waals surface area contributed by atoms with E-state index >= 15 is 0 Å². The minimum absolute atomic E-state index is 0.643. The van der Waals surface area contributed by atoms with Crippen molar-refractivity contribution in [3.8, 4) is 0 Å². The highest BCUT2D eigenvalue weighted by Crippen LogP contribution is 2.10. The Morgan fingerprint density at radius 2 is 1.93 bits per heavy atom. The van der Waals surface area contributed by atoms with Gasteiger partial charge in [-0.05, 0) is 29.8 Å². The van der Waals surface area contributed by atoms with Crippen molar-refractivity contribution in [1.82, 2.24) is 9.97 Å². The molecule has 0 aromatic carbocycles. The van der Waals surface area contributed by atoms with Crippen LogP contribution < -0.4 is 5.32 Å². The second kappa shape index (κ2) is 4.75. The van der Waals surface area contributed by atoms with Crippen molar-refractivity contribution in [2.24, 2.45) is 0 Å². The average Bonchev–Trinajstić information content (AvgIpc) is 2.30. The monoisotopic (exact) mass is 219 g/mol. The first kappa shape index (κ1) is 9.93. The van der Waals surface area contributed by atoms with E-state index in [-0.39, 0.29) is 0 Å². The van der Waals surface area contributed by atoms with Gasteiger partial charge >= 0.3 is 0 Å². The summed E-state index contributed by atoms with van der Waals surface area (Å²) in [7, 11) is 0. The molecular weight excluding hydrogens is 210 g/mol. The van der Waals surface area contributed by atoms with Crippen LogP contribution in [-0.2, 0) is 6.54 Å². The second-order valence-corrected chi connectivity index (χ2v) is 3.51. The van der Waals surface area contributed by atoms with E-state index in [2.05, 4.69) is 15.3 Å². The fraction of sp³-hybridized carbons (Fsp3) is 0.0909. The summed E-state index contributed by atoms with van der Waals surface area (Å²) >= 11 is 5.73. The van der Waals surface area contributed by atoms with Gasteiger partial charge in [-0.15, -0.1) is 0 Å². The number of hydrogen-bond donors (Lipinski definition) is 1. The van der Waals surface area contributed by atoms with Crippen LogP contribution in [0.5, 0.6) is 0 Å². The standard InChI is InChI=1S/C11H10ClN3/c12-10-1-2-11(15-8-10)14-7-9-3-5-13-6-4-9/h1-6,8H,7H2,(H,14,15). The van der Waals surface area contributed by atoms with Crippen molar-refractivity contribution in [3.63, 3.8) is 0 Å². The van der Waals surface area contributed by atoms with Gasteiger partial charge in [0.15, 0.2) is 0 Å². The number of anilines is 1. The number of nitrogens with one attached hydrogen (secondary N) is 1. The molecule has 0 unspecified atom stereocenters. The van der Waals surface area contributed by atoms with Crippen LogP contribution in [0.4, 0.5) is 5.82 Å². The van der Waals surface area contributed by atoms with E-state index in [0.717, 1.165) is 12.4 Å². The molecule has 0 atom stereocenters. The van der Waals surface area contributed by atoms with Crippen LogP contribution in [0.25, 0.3) is 0 Å². The minimum atomic E-state index is 0.643. The van der Waals surface area contributed by atoms with E-state index in [0.29, 0.717) is 5.02 Å². The molecule has 0 radical (unpaired) electrons. The van der Waals surface area contributed by atoms with Gasteiger partial charge in [0.05, 0.1) is 5.02 Å². The quantitative estimate of drug-likeness (QED) is 0.863. The van der Waals surface area contributed by atoms with E-state index in [1.807, 2.05) is 24.3 Å². The summed E-state index contributed by atoms with van der Waals surface area (Å²) in [5, 5.41) is 3.83. The van der Waals surface area contributed by atoms with Crippen LogP contribution in [-0.4, -0.2) is 9.97 Å². The molecule has 0 aliphatic rings. The van der Waals surface area contributed by atoms with Crippen molar-refractivity contribution in [2.45, 2.75) is 6.54 Å². The molecule has 0 aliphatic heterocycles. The fourth-order valence-corrected chi connectivity index (χ4v) is 1.29. The zero-order valence-corrected chi connectivity index (χ0v) is 8.78. The van der Waals surface area contributed by atoms with E-state index in [9.17, 15) is 0 Å². The molecule has 0 saturated carbocycles. The molecule has 76 valence electrons. The Morgan fingerprint density at radius 3 is 2.60 bits per heavy atom. The smallest absolute Gasteiger partial charge is 0.126 e. The third-order valence-electron chi connectivity index (χ3n) is 1.95. The first-order valence-corrected chi connectivity index (χ1v) is 4.97. The molecule has 0 bridgehead atoms. The Balaban J connectivity index is 1.96. The number of nitrogens with zero attached hydrogens (tertiary/aromatic N) is 2. The maximum atomic E-state index is 5.73. The molecule has 2 aromatic rings. The maximum Gasteiger partial charge on any atom is 0.126 e. The summed E-state index contributed by atoms with van der Waals surface area (Å²) in [6.07, 6.45) is 5.16. The molecule has 0 aliphatic carbocycles. The van der Waals surface area contributed by atoms with E-state index in [1.54, 1.807) is 18.6 Å². The van der Waals surface area contributed by atoms with Crippen molar-refractivity contribution in [2.75, 3.05) is 5.32 Å². The Hall–Kier alpha value is -1.61. The van der Waals surface area contributed by atoms with Gasteiger partial charge in [0.1, 0.15) is 5.82 Å². The predicted octanol–water partition coefficient (Wildman–Crippen LogP) is 2.74. The molecular formula is C11H10ClN3. The Labute approximate surface area is 93.1 Å². The SMILES string of the molecule is Clc1ccc(NCc2ccncc2)nc1. The summed E-state index contributed by atoms with van der Waals surface area (Å²) in [4.78, 5) is 8.09. The number of aromatic nitrogens is 2. The van der Waals surface area contributed by atoms with Crippen LogP contribution in [0.1, 0.15) is 5.56 Å². The second-order valence-electron chi connectivity index (χ2n) is 3.07. The Bertz CT molecular complexity index is 414. The lowest BCUT2D eigenvalue weighted by atomic mass is 10.3. The molecule has 3 nitrogen and oxygen atoms in total. The van der Waals surface area contributed by atoms with Gasteiger partial charge < -0.3 is 5.32 Å². The number of halogens is 1. The van der Waals surface area contributed by atoms with Crippen molar-refractivity contribution in [3.05, 3.63) is 53.4 Å². The molecule has 2 aromatic heterocycles. The third-order valence-corrected chi connectivity index (χ3v) is 2.17. The van der Waals surface area contributed by atoms with Crippen LogP contribution in [0.15, 0.2) is 42.9 Å². The first-order valence-electron chi connectivity index (χ1n) is 4.59. The molecule has 0 fully saturated rings. The van der Waals surface area contributed by atoms with Crippen molar-refractivity contribution >= 4 is 17.4 Å². The first-order chi connectivity index (χ1) is 7.34. The Morgan fingerprint density at radius 1 is 1.13 bits per heavy atom. The van der Waals surface area contributed by atoms with E-state index in [1.165, 1.54) is 5.56 Å². The molecule has 2 heterocycles. The fourth-order valence-electron chi connectivity index (χ4n) is 1.17. The maximum absolute atomic E-state index is 5.73. The van der Waals surface area contributed by atoms with Gasteiger partial charge in [-0.3, -0.25) is 4.98 Å². The van der Waals surface area contributed by atoms with Gasteiger partial charge in [0, 0.05) is 25.1 Å². The largest absolute Gasteiger partial charge is 0.366 e. The van der Waals surface area contributed by atoms with Crippen molar-refractivity contribution < 1.29 is 0 Å². The normalized spacial score (nSPS) is 9.93. The number of pyridine rings is 2. The zero-order valence-electron chi connectivity index (χ0n) is 8.02. The average molecular weight is 220 g/mol. The van der Waals surface area contributed by atoms with Gasteiger partial charge in [0.25, 0.3) is 0 Å². The highest BCUT2D eigenvalue weighted by molar-refractivity contribution is 6.30. The minimum Gasteiger partial charge on any atom is -0.366 e. The van der Waals surface area contributed by atoms with Gasteiger partial charge in [-0.1, -0.05) is 11.6 Å². The molecule has 0 spiro atoms. The van der Waals surface area contributed by atoms with Crippen LogP contribution in [0.3, 0.4) is 0 Å². The lowest BCUT2D eigenvalue weighted by molar-refractivity contribution is 1.10. The lowest BCUT2D eigenvalue weighted by Crippen LogP contribution is -2.00.